The molecule has 8 heteroatoms. The molecule has 1 aliphatic heterocycles. The predicted molar refractivity (Wildman–Crippen MR) is 110 cm³/mol. The Morgan fingerprint density at radius 1 is 1.00 bits per heavy atom. The third-order valence-corrected chi connectivity index (χ3v) is 7.90. The van der Waals surface area contributed by atoms with Gasteiger partial charge in [0.15, 0.2) is 0 Å². The van der Waals surface area contributed by atoms with Crippen LogP contribution in [-0.2, 0) is 26.2 Å². The van der Waals surface area contributed by atoms with E-state index >= 15 is 0 Å². The zero-order valence-corrected chi connectivity index (χ0v) is 18.1. The molecule has 1 aromatic rings. The van der Waals surface area contributed by atoms with E-state index in [4.69, 9.17) is 0 Å². The van der Waals surface area contributed by atoms with E-state index in [0.717, 1.165) is 18.4 Å². The first-order valence-corrected chi connectivity index (χ1v) is 12.0. The zero-order valence-electron chi connectivity index (χ0n) is 17.3. The molecule has 29 heavy (non-hydrogen) atoms. The number of amides is 2. The summed E-state index contributed by atoms with van der Waals surface area (Å²) in [5.41, 5.74) is 0.859. The molecule has 1 aromatic carbocycles. The fraction of sp³-hybridized carbons (Fsp3) is 0.619. The molecular formula is C21H31N3O4S. The summed E-state index contributed by atoms with van der Waals surface area (Å²) in [6, 6.07) is 6.68. The summed E-state index contributed by atoms with van der Waals surface area (Å²) < 4.78 is 26.5. The second kappa shape index (κ2) is 9.26. The van der Waals surface area contributed by atoms with Gasteiger partial charge in [0.2, 0.25) is 21.8 Å². The van der Waals surface area contributed by atoms with Crippen LogP contribution in [0.2, 0.25) is 0 Å². The maximum Gasteiger partial charge on any atom is 0.243 e. The fourth-order valence-corrected chi connectivity index (χ4v) is 5.23. The number of rotatable bonds is 8. The second-order valence-corrected chi connectivity index (χ2v) is 9.76. The van der Waals surface area contributed by atoms with Crippen molar-refractivity contribution in [3.63, 3.8) is 0 Å². The van der Waals surface area contributed by atoms with Crippen molar-refractivity contribution < 1.29 is 18.0 Å². The van der Waals surface area contributed by atoms with Crippen LogP contribution in [0.1, 0.15) is 45.1 Å². The summed E-state index contributed by atoms with van der Waals surface area (Å²) in [7, 11) is -3.47. The van der Waals surface area contributed by atoms with Gasteiger partial charge in [-0.25, -0.2) is 8.42 Å². The highest BCUT2D eigenvalue weighted by molar-refractivity contribution is 7.89. The molecule has 160 valence electrons. The van der Waals surface area contributed by atoms with Crippen molar-refractivity contribution in [2.24, 2.45) is 11.8 Å². The minimum absolute atomic E-state index is 0.00311. The first kappa shape index (κ1) is 21.8. The van der Waals surface area contributed by atoms with Crippen molar-refractivity contribution in [2.75, 3.05) is 26.2 Å². The Bertz CT molecular complexity index is 822. The van der Waals surface area contributed by atoms with Crippen molar-refractivity contribution in [1.82, 2.24) is 14.5 Å². The lowest BCUT2D eigenvalue weighted by molar-refractivity contribution is -0.136. The first-order valence-electron chi connectivity index (χ1n) is 10.5. The molecule has 1 saturated carbocycles. The van der Waals surface area contributed by atoms with Gasteiger partial charge >= 0.3 is 0 Å². The Hall–Kier alpha value is -1.93. The average Bonchev–Trinajstić information content (AvgIpc) is 3.58. The molecule has 0 unspecified atom stereocenters. The van der Waals surface area contributed by atoms with Crippen LogP contribution in [0.3, 0.4) is 0 Å². The number of likely N-dealkylation sites (tertiary alicyclic amines) is 1. The Balaban J connectivity index is 1.49. The monoisotopic (exact) mass is 421 g/mol. The van der Waals surface area contributed by atoms with Crippen LogP contribution >= 0.6 is 0 Å². The molecule has 0 bridgehead atoms. The van der Waals surface area contributed by atoms with Crippen molar-refractivity contribution in [3.05, 3.63) is 29.8 Å². The summed E-state index contributed by atoms with van der Waals surface area (Å²) in [4.78, 5) is 26.7. The highest BCUT2D eigenvalue weighted by Crippen LogP contribution is 2.32. The van der Waals surface area contributed by atoms with Gasteiger partial charge in [0, 0.05) is 44.6 Å². The maximum absolute atomic E-state index is 12.5. The molecule has 0 spiro atoms. The van der Waals surface area contributed by atoms with Crippen LogP contribution in [0.25, 0.3) is 0 Å². The van der Waals surface area contributed by atoms with Crippen molar-refractivity contribution in [3.8, 4) is 0 Å². The van der Waals surface area contributed by atoms with Crippen molar-refractivity contribution >= 4 is 21.8 Å². The molecule has 3 rings (SSSR count). The number of piperidine rings is 1. The van der Waals surface area contributed by atoms with Crippen LogP contribution in [-0.4, -0.2) is 55.6 Å². The largest absolute Gasteiger partial charge is 0.352 e. The molecule has 1 N–H and O–H groups in total. The predicted octanol–water partition coefficient (Wildman–Crippen LogP) is 1.98. The topological polar surface area (TPSA) is 86.8 Å². The zero-order chi connectivity index (χ0) is 21.0. The number of hydrogen-bond acceptors (Lipinski definition) is 4. The average molecular weight is 422 g/mol. The van der Waals surface area contributed by atoms with Crippen LogP contribution in [0.4, 0.5) is 0 Å². The number of carbonyl (C=O) groups excluding carboxylic acids is 2. The van der Waals surface area contributed by atoms with E-state index in [1.807, 2.05) is 18.7 Å². The Morgan fingerprint density at radius 2 is 1.59 bits per heavy atom. The van der Waals surface area contributed by atoms with Crippen LogP contribution in [0, 0.1) is 11.8 Å². The molecule has 2 fully saturated rings. The van der Waals surface area contributed by atoms with Gasteiger partial charge in [-0.15, -0.1) is 0 Å². The van der Waals surface area contributed by atoms with Crippen molar-refractivity contribution in [2.45, 2.75) is 51.0 Å². The van der Waals surface area contributed by atoms with Gasteiger partial charge in [-0.1, -0.05) is 26.0 Å². The molecule has 2 amide bonds. The minimum atomic E-state index is -3.47. The number of sulfonamides is 1. The number of benzene rings is 1. The number of carbonyl (C=O) groups is 2. The highest BCUT2D eigenvalue weighted by Gasteiger charge is 2.35. The van der Waals surface area contributed by atoms with Gasteiger partial charge in [-0.05, 0) is 43.4 Å². The summed E-state index contributed by atoms with van der Waals surface area (Å²) >= 11 is 0. The van der Waals surface area contributed by atoms with Crippen LogP contribution < -0.4 is 5.32 Å². The number of hydrogen-bond donors (Lipinski definition) is 1. The lowest BCUT2D eigenvalue weighted by atomic mass is 9.95. The van der Waals surface area contributed by atoms with E-state index in [9.17, 15) is 18.0 Å². The van der Waals surface area contributed by atoms with E-state index in [0.29, 0.717) is 45.6 Å². The number of nitrogens with zero attached hydrogens (tertiary/aromatic N) is 2. The molecule has 1 saturated heterocycles. The third kappa shape index (κ3) is 5.17. The Morgan fingerprint density at radius 3 is 2.10 bits per heavy atom. The molecule has 0 radical (unpaired) electrons. The molecule has 0 aromatic heterocycles. The summed E-state index contributed by atoms with van der Waals surface area (Å²) in [6.45, 7) is 6.18. The standard InChI is InChI=1S/C21H31N3O4S/c1-3-24(4-2)29(27,28)19-9-5-16(6-10-19)15-22-20(25)17-11-13-23(14-12-17)21(26)18-7-8-18/h5-6,9-10,17-18H,3-4,7-8,11-15H2,1-2H3,(H,22,25). The number of nitrogens with one attached hydrogen (secondary N) is 1. The normalized spacial score (nSPS) is 18.1. The molecular weight excluding hydrogens is 390 g/mol. The molecule has 2 aliphatic rings. The van der Waals surface area contributed by atoms with E-state index < -0.39 is 10.0 Å². The molecule has 1 heterocycles. The van der Waals surface area contributed by atoms with E-state index in [-0.39, 0.29) is 28.5 Å². The summed E-state index contributed by atoms with van der Waals surface area (Å²) in [5, 5.41) is 2.95. The van der Waals surface area contributed by atoms with Gasteiger partial charge in [0.25, 0.3) is 0 Å². The van der Waals surface area contributed by atoms with Gasteiger partial charge in [0.05, 0.1) is 4.90 Å². The lowest BCUT2D eigenvalue weighted by Crippen LogP contribution is -2.43. The Kier molecular flexibility index (Phi) is 6.95. The third-order valence-electron chi connectivity index (χ3n) is 5.84. The highest BCUT2D eigenvalue weighted by atomic mass is 32.2. The first-order chi connectivity index (χ1) is 13.9. The van der Waals surface area contributed by atoms with Crippen LogP contribution in [0.5, 0.6) is 0 Å². The van der Waals surface area contributed by atoms with Crippen molar-refractivity contribution in [1.29, 1.82) is 0 Å². The van der Waals surface area contributed by atoms with Gasteiger partial charge in [-0.2, -0.15) is 4.31 Å². The molecule has 0 atom stereocenters. The second-order valence-electron chi connectivity index (χ2n) is 7.82. The lowest BCUT2D eigenvalue weighted by Gasteiger charge is -2.31. The SMILES string of the molecule is CCN(CC)S(=O)(=O)c1ccc(CNC(=O)C2CCN(C(=O)C3CC3)CC2)cc1. The molecule has 7 nitrogen and oxygen atoms in total. The molecule has 1 aliphatic carbocycles. The quantitative estimate of drug-likeness (QED) is 0.695. The fourth-order valence-electron chi connectivity index (χ4n) is 3.78. The smallest absolute Gasteiger partial charge is 0.243 e. The van der Waals surface area contributed by atoms with Crippen LogP contribution in [0.15, 0.2) is 29.2 Å². The summed E-state index contributed by atoms with van der Waals surface area (Å²) in [5.74, 6) is 0.418. The van der Waals surface area contributed by atoms with E-state index in [1.165, 1.54) is 4.31 Å². The van der Waals surface area contributed by atoms with E-state index in [2.05, 4.69) is 5.32 Å². The maximum atomic E-state index is 12.5. The minimum Gasteiger partial charge on any atom is -0.352 e. The van der Waals surface area contributed by atoms with E-state index in [1.54, 1.807) is 24.3 Å². The van der Waals surface area contributed by atoms with Gasteiger partial charge in [-0.3, -0.25) is 9.59 Å². The van der Waals surface area contributed by atoms with Gasteiger partial charge < -0.3 is 10.2 Å². The Labute approximate surface area is 173 Å². The summed E-state index contributed by atoms with van der Waals surface area (Å²) in [6.07, 6.45) is 3.42. The van der Waals surface area contributed by atoms with Gasteiger partial charge in [0.1, 0.15) is 0 Å².